The molecule has 1 nitrogen and oxygen atoms in total. The van der Waals surface area contributed by atoms with Crippen molar-refractivity contribution in [3.05, 3.63) is 69.7 Å². The van der Waals surface area contributed by atoms with Crippen LogP contribution in [0.1, 0.15) is 23.6 Å². The van der Waals surface area contributed by atoms with Gasteiger partial charge in [-0.25, -0.2) is 8.78 Å². The van der Waals surface area contributed by atoms with E-state index in [0.29, 0.717) is 21.7 Å². The topological polar surface area (TPSA) is 26.0 Å². The molecular weight excluding hydrogens is 268 g/mol. The Hall–Kier alpha value is -1.45. The molecule has 1 atom stereocenters. The second-order valence-corrected chi connectivity index (χ2v) is 5.20. The molecule has 19 heavy (non-hydrogen) atoms. The standard InChI is InChI=1S/C15H14ClF2N/c1-9-3-4-10(7-14(9)18)15(2,19)12-8-11(17)5-6-13(12)16/h3-8H,19H2,1-2H3. The molecule has 0 bridgehead atoms. The molecule has 4 heteroatoms. The third kappa shape index (κ3) is 2.62. The van der Waals surface area contributed by atoms with E-state index in [1.165, 1.54) is 24.3 Å². The minimum atomic E-state index is -1.06. The maximum atomic E-state index is 13.6. The van der Waals surface area contributed by atoms with Crippen LogP contribution in [0.25, 0.3) is 0 Å². The van der Waals surface area contributed by atoms with Gasteiger partial charge in [-0.1, -0.05) is 23.7 Å². The van der Waals surface area contributed by atoms with Gasteiger partial charge in [0.2, 0.25) is 0 Å². The van der Waals surface area contributed by atoms with Crippen LogP contribution in [-0.2, 0) is 5.54 Å². The predicted octanol–water partition coefficient (Wildman–Crippen LogP) is 4.15. The first-order valence-corrected chi connectivity index (χ1v) is 6.21. The van der Waals surface area contributed by atoms with E-state index in [1.54, 1.807) is 26.0 Å². The highest BCUT2D eigenvalue weighted by Crippen LogP contribution is 2.33. The van der Waals surface area contributed by atoms with E-state index in [9.17, 15) is 8.78 Å². The molecule has 2 rings (SSSR count). The highest BCUT2D eigenvalue weighted by Gasteiger charge is 2.27. The minimum Gasteiger partial charge on any atom is -0.318 e. The highest BCUT2D eigenvalue weighted by atomic mass is 35.5. The lowest BCUT2D eigenvalue weighted by Crippen LogP contribution is -2.35. The van der Waals surface area contributed by atoms with Crippen molar-refractivity contribution < 1.29 is 8.78 Å². The Morgan fingerprint density at radius 3 is 2.42 bits per heavy atom. The summed E-state index contributed by atoms with van der Waals surface area (Å²) in [5.74, 6) is -0.773. The summed E-state index contributed by atoms with van der Waals surface area (Å²) in [7, 11) is 0. The minimum absolute atomic E-state index is 0.346. The van der Waals surface area contributed by atoms with Crippen LogP contribution in [0.2, 0.25) is 5.02 Å². The first-order chi connectivity index (χ1) is 8.82. The summed E-state index contributed by atoms with van der Waals surface area (Å²) >= 11 is 6.06. The zero-order valence-corrected chi connectivity index (χ0v) is 11.4. The Kier molecular flexibility index (Phi) is 3.61. The van der Waals surface area contributed by atoms with Crippen LogP contribution in [-0.4, -0.2) is 0 Å². The summed E-state index contributed by atoms with van der Waals surface area (Å²) in [6, 6.07) is 8.71. The number of nitrogens with two attached hydrogens (primary N) is 1. The van der Waals surface area contributed by atoms with Crippen molar-refractivity contribution in [1.82, 2.24) is 0 Å². The SMILES string of the molecule is Cc1ccc(C(C)(N)c2cc(F)ccc2Cl)cc1F. The predicted molar refractivity (Wildman–Crippen MR) is 73.2 cm³/mol. The molecule has 0 aliphatic carbocycles. The zero-order valence-electron chi connectivity index (χ0n) is 10.7. The highest BCUT2D eigenvalue weighted by molar-refractivity contribution is 6.31. The summed E-state index contributed by atoms with van der Waals surface area (Å²) in [5, 5.41) is 0.354. The molecule has 0 aliphatic heterocycles. The summed E-state index contributed by atoms with van der Waals surface area (Å²) in [4.78, 5) is 0. The summed E-state index contributed by atoms with van der Waals surface area (Å²) in [5.41, 5.74) is 6.67. The van der Waals surface area contributed by atoms with E-state index in [0.717, 1.165) is 0 Å². The first kappa shape index (κ1) is 14.0. The Balaban J connectivity index is 2.57. The molecule has 0 saturated heterocycles. The Labute approximate surface area is 116 Å². The molecule has 0 aromatic heterocycles. The third-order valence-corrected chi connectivity index (χ3v) is 3.59. The normalized spacial score (nSPS) is 14.2. The van der Waals surface area contributed by atoms with E-state index >= 15 is 0 Å². The van der Waals surface area contributed by atoms with Gasteiger partial charge in [0.05, 0.1) is 5.54 Å². The number of rotatable bonds is 2. The molecular formula is C15H14ClF2N. The number of halogens is 3. The lowest BCUT2D eigenvalue weighted by atomic mass is 9.85. The van der Waals surface area contributed by atoms with Gasteiger partial charge in [-0.2, -0.15) is 0 Å². The molecule has 0 radical (unpaired) electrons. The molecule has 0 fully saturated rings. The number of hydrogen-bond acceptors (Lipinski definition) is 1. The molecule has 2 N–H and O–H groups in total. The van der Waals surface area contributed by atoms with E-state index in [1.807, 2.05) is 0 Å². The fourth-order valence-electron chi connectivity index (χ4n) is 1.97. The lowest BCUT2D eigenvalue weighted by molar-refractivity contribution is 0.567. The summed E-state index contributed by atoms with van der Waals surface area (Å²) < 4.78 is 27.0. The average molecular weight is 282 g/mol. The van der Waals surface area contributed by atoms with Crippen LogP contribution in [0.15, 0.2) is 36.4 Å². The molecule has 0 aliphatic rings. The van der Waals surface area contributed by atoms with Crippen LogP contribution in [0.5, 0.6) is 0 Å². The molecule has 2 aromatic carbocycles. The fraction of sp³-hybridized carbons (Fsp3) is 0.200. The van der Waals surface area contributed by atoms with Gasteiger partial charge in [-0.3, -0.25) is 0 Å². The smallest absolute Gasteiger partial charge is 0.126 e. The van der Waals surface area contributed by atoms with Crippen molar-refractivity contribution in [3.8, 4) is 0 Å². The van der Waals surface area contributed by atoms with Crippen molar-refractivity contribution in [3.63, 3.8) is 0 Å². The van der Waals surface area contributed by atoms with Crippen LogP contribution < -0.4 is 5.73 Å². The van der Waals surface area contributed by atoms with E-state index in [-0.39, 0.29) is 5.82 Å². The fourth-order valence-corrected chi connectivity index (χ4v) is 2.28. The van der Waals surface area contributed by atoms with E-state index in [4.69, 9.17) is 17.3 Å². The van der Waals surface area contributed by atoms with Crippen LogP contribution in [0, 0.1) is 18.6 Å². The van der Waals surface area contributed by atoms with Crippen molar-refractivity contribution >= 4 is 11.6 Å². The van der Waals surface area contributed by atoms with Gasteiger partial charge in [0.15, 0.2) is 0 Å². The van der Waals surface area contributed by atoms with Gasteiger partial charge in [-0.05, 0) is 54.8 Å². The first-order valence-electron chi connectivity index (χ1n) is 5.83. The maximum Gasteiger partial charge on any atom is 0.126 e. The number of hydrogen-bond donors (Lipinski definition) is 1. The van der Waals surface area contributed by atoms with E-state index in [2.05, 4.69) is 0 Å². The van der Waals surface area contributed by atoms with Gasteiger partial charge in [0.25, 0.3) is 0 Å². The second-order valence-electron chi connectivity index (χ2n) is 4.79. The largest absolute Gasteiger partial charge is 0.318 e. The van der Waals surface area contributed by atoms with Gasteiger partial charge in [-0.15, -0.1) is 0 Å². The van der Waals surface area contributed by atoms with Crippen molar-refractivity contribution in [2.75, 3.05) is 0 Å². The van der Waals surface area contributed by atoms with E-state index < -0.39 is 11.4 Å². The summed E-state index contributed by atoms with van der Waals surface area (Å²) in [6.45, 7) is 3.35. The number of aryl methyl sites for hydroxylation is 1. The Morgan fingerprint density at radius 2 is 1.79 bits per heavy atom. The quantitative estimate of drug-likeness (QED) is 0.879. The Bertz CT molecular complexity index is 624. The van der Waals surface area contributed by atoms with Crippen LogP contribution in [0.4, 0.5) is 8.78 Å². The summed E-state index contributed by atoms with van der Waals surface area (Å²) in [6.07, 6.45) is 0. The molecule has 0 amide bonds. The van der Waals surface area contributed by atoms with Crippen molar-refractivity contribution in [2.45, 2.75) is 19.4 Å². The van der Waals surface area contributed by atoms with Gasteiger partial charge in [0.1, 0.15) is 11.6 Å². The molecule has 1 unspecified atom stereocenters. The second kappa shape index (κ2) is 4.91. The molecule has 2 aromatic rings. The van der Waals surface area contributed by atoms with Gasteiger partial charge in [0, 0.05) is 5.02 Å². The van der Waals surface area contributed by atoms with Gasteiger partial charge < -0.3 is 5.73 Å². The molecule has 0 spiro atoms. The van der Waals surface area contributed by atoms with Gasteiger partial charge >= 0.3 is 0 Å². The number of benzene rings is 2. The monoisotopic (exact) mass is 281 g/mol. The van der Waals surface area contributed by atoms with Crippen LogP contribution >= 0.6 is 11.6 Å². The molecule has 0 heterocycles. The average Bonchev–Trinajstić information content (AvgIpc) is 2.35. The zero-order chi connectivity index (χ0) is 14.2. The lowest BCUT2D eigenvalue weighted by Gasteiger charge is -2.27. The van der Waals surface area contributed by atoms with Crippen molar-refractivity contribution in [1.29, 1.82) is 0 Å². The van der Waals surface area contributed by atoms with Crippen molar-refractivity contribution in [2.24, 2.45) is 5.73 Å². The van der Waals surface area contributed by atoms with Crippen LogP contribution in [0.3, 0.4) is 0 Å². The molecule has 0 saturated carbocycles. The third-order valence-electron chi connectivity index (χ3n) is 3.26. The Morgan fingerprint density at radius 1 is 1.11 bits per heavy atom. The maximum absolute atomic E-state index is 13.6. The molecule has 100 valence electrons.